The normalized spacial score (nSPS) is 10.6. The number of methoxy groups -OCH3 is 1. The number of nitrogens with one attached hydrogen (secondary N) is 1. The standard InChI is InChI=1S/C13H16FN3O/c1-15-6-11-8-17(9-16-11)7-10-3-4-12(18-2)5-13(10)14/h3-5,8-9,15H,6-7H2,1-2H3. The summed E-state index contributed by atoms with van der Waals surface area (Å²) in [6, 6.07) is 4.87. The van der Waals surface area contributed by atoms with Crippen LogP contribution >= 0.6 is 0 Å². The van der Waals surface area contributed by atoms with Gasteiger partial charge in [0.2, 0.25) is 0 Å². The Balaban J connectivity index is 2.12. The fourth-order valence-corrected chi connectivity index (χ4v) is 1.75. The molecule has 2 aromatic rings. The third-order valence-corrected chi connectivity index (χ3v) is 2.66. The first-order chi connectivity index (χ1) is 8.72. The molecule has 0 aliphatic heterocycles. The molecule has 96 valence electrons. The average Bonchev–Trinajstić information content (AvgIpc) is 2.80. The number of benzene rings is 1. The fraction of sp³-hybridized carbons (Fsp3) is 0.308. The smallest absolute Gasteiger partial charge is 0.131 e. The molecule has 0 aliphatic carbocycles. The molecule has 0 atom stereocenters. The minimum Gasteiger partial charge on any atom is -0.497 e. The summed E-state index contributed by atoms with van der Waals surface area (Å²) in [6.45, 7) is 1.17. The van der Waals surface area contributed by atoms with Crippen molar-refractivity contribution in [3.05, 3.63) is 47.8 Å². The Morgan fingerprint density at radius 3 is 2.94 bits per heavy atom. The number of rotatable bonds is 5. The lowest BCUT2D eigenvalue weighted by Gasteiger charge is -2.06. The third kappa shape index (κ3) is 2.87. The van der Waals surface area contributed by atoms with Crippen LogP contribution in [0.25, 0.3) is 0 Å². The first kappa shape index (κ1) is 12.6. The highest BCUT2D eigenvalue weighted by atomic mass is 19.1. The molecule has 0 amide bonds. The minimum atomic E-state index is -0.266. The van der Waals surface area contributed by atoms with Gasteiger partial charge in [-0.1, -0.05) is 6.07 Å². The van der Waals surface area contributed by atoms with Gasteiger partial charge in [-0.3, -0.25) is 0 Å². The molecular weight excluding hydrogens is 233 g/mol. The minimum absolute atomic E-state index is 0.266. The van der Waals surface area contributed by atoms with E-state index in [4.69, 9.17) is 4.74 Å². The average molecular weight is 249 g/mol. The monoisotopic (exact) mass is 249 g/mol. The molecule has 0 radical (unpaired) electrons. The highest BCUT2D eigenvalue weighted by molar-refractivity contribution is 5.29. The Kier molecular flexibility index (Phi) is 3.94. The largest absolute Gasteiger partial charge is 0.497 e. The van der Waals surface area contributed by atoms with E-state index in [0.717, 1.165) is 5.69 Å². The fourth-order valence-electron chi connectivity index (χ4n) is 1.75. The lowest BCUT2D eigenvalue weighted by molar-refractivity contribution is 0.410. The topological polar surface area (TPSA) is 39.1 Å². The maximum absolute atomic E-state index is 13.8. The number of aromatic nitrogens is 2. The van der Waals surface area contributed by atoms with Gasteiger partial charge in [-0.15, -0.1) is 0 Å². The number of imidazole rings is 1. The van der Waals surface area contributed by atoms with Crippen molar-refractivity contribution >= 4 is 0 Å². The highest BCUT2D eigenvalue weighted by Crippen LogP contribution is 2.17. The molecule has 2 rings (SSSR count). The number of ether oxygens (including phenoxy) is 1. The molecule has 1 heterocycles. The van der Waals surface area contributed by atoms with Gasteiger partial charge in [0.25, 0.3) is 0 Å². The Morgan fingerprint density at radius 1 is 1.44 bits per heavy atom. The van der Waals surface area contributed by atoms with Crippen LogP contribution in [0, 0.1) is 5.82 Å². The first-order valence-corrected chi connectivity index (χ1v) is 5.70. The van der Waals surface area contributed by atoms with E-state index in [-0.39, 0.29) is 5.82 Å². The zero-order valence-electron chi connectivity index (χ0n) is 10.5. The van der Waals surface area contributed by atoms with E-state index in [1.165, 1.54) is 13.2 Å². The van der Waals surface area contributed by atoms with Crippen LogP contribution in [-0.2, 0) is 13.1 Å². The summed E-state index contributed by atoms with van der Waals surface area (Å²) in [6.07, 6.45) is 3.61. The molecule has 1 aromatic carbocycles. The molecule has 4 nitrogen and oxygen atoms in total. The van der Waals surface area contributed by atoms with Crippen LogP contribution in [0.15, 0.2) is 30.7 Å². The number of halogens is 1. The zero-order valence-corrected chi connectivity index (χ0v) is 10.5. The van der Waals surface area contributed by atoms with Crippen molar-refractivity contribution in [1.82, 2.24) is 14.9 Å². The van der Waals surface area contributed by atoms with Gasteiger partial charge >= 0.3 is 0 Å². The van der Waals surface area contributed by atoms with Crippen molar-refractivity contribution < 1.29 is 9.13 Å². The molecule has 5 heteroatoms. The van der Waals surface area contributed by atoms with Crippen LogP contribution in [-0.4, -0.2) is 23.7 Å². The molecule has 1 N–H and O–H groups in total. The second-order valence-corrected chi connectivity index (χ2v) is 4.03. The van der Waals surface area contributed by atoms with Crippen LogP contribution in [0.4, 0.5) is 4.39 Å². The van der Waals surface area contributed by atoms with Gasteiger partial charge in [-0.2, -0.15) is 0 Å². The lowest BCUT2D eigenvalue weighted by atomic mass is 10.2. The Hall–Kier alpha value is -1.88. The van der Waals surface area contributed by atoms with Gasteiger partial charge in [-0.05, 0) is 13.1 Å². The highest BCUT2D eigenvalue weighted by Gasteiger charge is 2.05. The van der Waals surface area contributed by atoms with Crippen LogP contribution in [0.3, 0.4) is 0 Å². The number of nitrogens with zero attached hydrogens (tertiary/aromatic N) is 2. The Labute approximate surface area is 105 Å². The number of hydrogen-bond donors (Lipinski definition) is 1. The summed E-state index contributed by atoms with van der Waals surface area (Å²) in [5.41, 5.74) is 1.55. The second kappa shape index (κ2) is 5.64. The van der Waals surface area contributed by atoms with E-state index in [1.54, 1.807) is 18.5 Å². The molecule has 0 saturated heterocycles. The molecule has 0 bridgehead atoms. The maximum Gasteiger partial charge on any atom is 0.131 e. The van der Waals surface area contributed by atoms with Crippen molar-refractivity contribution in [2.24, 2.45) is 0 Å². The Morgan fingerprint density at radius 2 is 2.28 bits per heavy atom. The summed E-state index contributed by atoms with van der Waals surface area (Å²) in [7, 11) is 3.39. The van der Waals surface area contributed by atoms with Crippen LogP contribution in [0.2, 0.25) is 0 Å². The predicted molar refractivity (Wildman–Crippen MR) is 67.0 cm³/mol. The number of hydrogen-bond acceptors (Lipinski definition) is 3. The molecule has 0 aliphatic rings. The van der Waals surface area contributed by atoms with Crippen molar-refractivity contribution in [2.45, 2.75) is 13.1 Å². The van der Waals surface area contributed by atoms with Crippen molar-refractivity contribution in [1.29, 1.82) is 0 Å². The van der Waals surface area contributed by atoms with Gasteiger partial charge in [0.1, 0.15) is 11.6 Å². The van der Waals surface area contributed by atoms with Gasteiger partial charge in [-0.25, -0.2) is 9.37 Å². The lowest BCUT2D eigenvalue weighted by Crippen LogP contribution is -2.05. The summed E-state index contributed by atoms with van der Waals surface area (Å²) < 4.78 is 20.6. The molecule has 0 saturated carbocycles. The van der Waals surface area contributed by atoms with Crippen molar-refractivity contribution in [3.63, 3.8) is 0 Å². The summed E-state index contributed by atoms with van der Waals surface area (Å²) in [5.74, 6) is 0.260. The third-order valence-electron chi connectivity index (χ3n) is 2.66. The van der Waals surface area contributed by atoms with E-state index in [1.807, 2.05) is 17.8 Å². The van der Waals surface area contributed by atoms with Crippen LogP contribution in [0.1, 0.15) is 11.3 Å². The van der Waals surface area contributed by atoms with Crippen LogP contribution in [0.5, 0.6) is 5.75 Å². The maximum atomic E-state index is 13.8. The molecule has 1 aromatic heterocycles. The molecule has 0 spiro atoms. The van der Waals surface area contributed by atoms with Gasteiger partial charge in [0.05, 0.1) is 25.7 Å². The van der Waals surface area contributed by atoms with E-state index >= 15 is 0 Å². The van der Waals surface area contributed by atoms with Gasteiger partial charge in [0.15, 0.2) is 0 Å². The summed E-state index contributed by atoms with van der Waals surface area (Å²) in [4.78, 5) is 4.22. The van der Waals surface area contributed by atoms with E-state index in [0.29, 0.717) is 24.4 Å². The molecule has 0 unspecified atom stereocenters. The first-order valence-electron chi connectivity index (χ1n) is 5.70. The Bertz CT molecular complexity index is 525. The SMILES string of the molecule is CNCc1cn(Cc2ccc(OC)cc2F)cn1. The molecule has 18 heavy (non-hydrogen) atoms. The summed E-state index contributed by atoms with van der Waals surface area (Å²) >= 11 is 0. The quantitative estimate of drug-likeness (QED) is 0.878. The van der Waals surface area contributed by atoms with E-state index < -0.39 is 0 Å². The predicted octanol–water partition coefficient (Wildman–Crippen LogP) is 1.80. The zero-order chi connectivity index (χ0) is 13.0. The molecule has 0 fully saturated rings. The van der Waals surface area contributed by atoms with Gasteiger partial charge in [0, 0.05) is 24.4 Å². The van der Waals surface area contributed by atoms with E-state index in [2.05, 4.69) is 10.3 Å². The van der Waals surface area contributed by atoms with Gasteiger partial charge < -0.3 is 14.6 Å². The molecular formula is C13H16FN3O. The second-order valence-electron chi connectivity index (χ2n) is 4.03. The summed E-state index contributed by atoms with van der Waals surface area (Å²) in [5, 5.41) is 3.02. The van der Waals surface area contributed by atoms with Crippen LogP contribution < -0.4 is 10.1 Å². The van der Waals surface area contributed by atoms with Crippen molar-refractivity contribution in [3.8, 4) is 5.75 Å². The van der Waals surface area contributed by atoms with Crippen molar-refractivity contribution in [2.75, 3.05) is 14.2 Å². The van der Waals surface area contributed by atoms with E-state index in [9.17, 15) is 4.39 Å².